The molecule has 1 aliphatic heterocycles. The summed E-state index contributed by atoms with van der Waals surface area (Å²) in [6, 6.07) is 20.3. The zero-order chi connectivity index (χ0) is 22.8. The summed E-state index contributed by atoms with van der Waals surface area (Å²) in [5.74, 6) is 0.482. The van der Waals surface area contributed by atoms with E-state index in [1.165, 1.54) is 0 Å². The van der Waals surface area contributed by atoms with Crippen molar-refractivity contribution >= 4 is 40.7 Å². The average molecular weight is 475 g/mol. The minimum atomic E-state index is -0.238. The normalized spacial score (nSPS) is 15.3. The standard InChI is InChI=1S/C25H19ClN4O2S/c26-20-9-8-17(23(29-32)16-5-2-1-3-6-16)13-21(20)28-24(31)19-10-12-30-22(19)15-33-25(30)18-7-4-11-27-14-18/h1-14,25,32H,15H2,(H,28,31)/b29-23+. The monoisotopic (exact) mass is 474 g/mol. The summed E-state index contributed by atoms with van der Waals surface area (Å²) in [5, 5.41) is 16.5. The number of thioether (sulfide) groups is 1. The zero-order valence-electron chi connectivity index (χ0n) is 17.4. The summed E-state index contributed by atoms with van der Waals surface area (Å²) in [6.45, 7) is 0. The van der Waals surface area contributed by atoms with E-state index in [1.54, 1.807) is 36.2 Å². The molecular formula is C25H19ClN4O2S. The van der Waals surface area contributed by atoms with Gasteiger partial charge in [0, 0.05) is 46.7 Å². The van der Waals surface area contributed by atoms with Crippen LogP contribution in [0.5, 0.6) is 0 Å². The van der Waals surface area contributed by atoms with Crippen LogP contribution in [0.4, 0.5) is 5.69 Å². The van der Waals surface area contributed by atoms with Crippen LogP contribution < -0.4 is 5.32 Å². The average Bonchev–Trinajstić information content (AvgIpc) is 3.45. The van der Waals surface area contributed by atoms with E-state index >= 15 is 0 Å². The fourth-order valence-corrected chi connectivity index (χ4v) is 5.39. The first-order chi connectivity index (χ1) is 16.2. The molecule has 1 unspecified atom stereocenters. The first kappa shape index (κ1) is 21.3. The lowest BCUT2D eigenvalue weighted by molar-refractivity contribution is 0.102. The van der Waals surface area contributed by atoms with Crippen LogP contribution in [-0.2, 0) is 5.75 Å². The van der Waals surface area contributed by atoms with E-state index in [4.69, 9.17) is 11.6 Å². The van der Waals surface area contributed by atoms with Crippen LogP contribution >= 0.6 is 23.4 Å². The maximum absolute atomic E-state index is 13.2. The molecule has 6 nitrogen and oxygen atoms in total. The quantitative estimate of drug-likeness (QED) is 0.217. The van der Waals surface area contributed by atoms with Gasteiger partial charge in [-0.05, 0) is 24.3 Å². The van der Waals surface area contributed by atoms with Crippen molar-refractivity contribution in [1.82, 2.24) is 9.55 Å². The molecule has 5 rings (SSSR count). The lowest BCUT2D eigenvalue weighted by Crippen LogP contribution is -2.14. The highest BCUT2D eigenvalue weighted by Gasteiger charge is 2.28. The minimum absolute atomic E-state index is 0.0939. The lowest BCUT2D eigenvalue weighted by Gasteiger charge is -2.12. The fraction of sp³-hybridized carbons (Fsp3) is 0.0800. The number of pyridine rings is 1. The van der Waals surface area contributed by atoms with Gasteiger partial charge < -0.3 is 15.1 Å². The number of amides is 1. The van der Waals surface area contributed by atoms with Gasteiger partial charge in [0.15, 0.2) is 0 Å². The van der Waals surface area contributed by atoms with E-state index in [1.807, 2.05) is 60.9 Å². The number of aromatic nitrogens is 2. The van der Waals surface area contributed by atoms with Crippen molar-refractivity contribution < 1.29 is 10.0 Å². The van der Waals surface area contributed by atoms with Gasteiger partial charge in [0.2, 0.25) is 0 Å². The lowest BCUT2D eigenvalue weighted by atomic mass is 10.0. The van der Waals surface area contributed by atoms with Crippen molar-refractivity contribution in [2.24, 2.45) is 5.16 Å². The van der Waals surface area contributed by atoms with Gasteiger partial charge in [0.1, 0.15) is 11.1 Å². The summed E-state index contributed by atoms with van der Waals surface area (Å²) >= 11 is 8.14. The van der Waals surface area contributed by atoms with Gasteiger partial charge in [-0.25, -0.2) is 0 Å². The number of anilines is 1. The molecule has 1 atom stereocenters. The second-order valence-corrected chi connectivity index (χ2v) is 8.97. The molecule has 2 N–H and O–H groups in total. The number of halogens is 1. The van der Waals surface area contributed by atoms with Crippen molar-refractivity contribution in [1.29, 1.82) is 0 Å². The molecule has 8 heteroatoms. The Bertz CT molecular complexity index is 1340. The van der Waals surface area contributed by atoms with E-state index in [-0.39, 0.29) is 11.3 Å². The summed E-state index contributed by atoms with van der Waals surface area (Å²) < 4.78 is 2.11. The number of nitrogens with one attached hydrogen (secondary N) is 1. The van der Waals surface area contributed by atoms with Crippen molar-refractivity contribution in [2.45, 2.75) is 11.1 Å². The number of carbonyl (C=O) groups excluding carboxylic acids is 1. The number of nitrogens with zero attached hydrogens (tertiary/aromatic N) is 3. The molecule has 3 heterocycles. The number of benzene rings is 2. The predicted octanol–water partition coefficient (Wildman–Crippen LogP) is 5.81. The summed E-state index contributed by atoms with van der Waals surface area (Å²) in [4.78, 5) is 17.4. The van der Waals surface area contributed by atoms with E-state index in [9.17, 15) is 10.0 Å². The summed E-state index contributed by atoms with van der Waals surface area (Å²) in [5.41, 5.74) is 4.89. The van der Waals surface area contributed by atoms with Crippen LogP contribution in [0.15, 0.2) is 90.5 Å². The second-order valence-electron chi connectivity index (χ2n) is 7.50. The topological polar surface area (TPSA) is 79.5 Å². The third-order valence-corrected chi connectivity index (χ3v) is 7.09. The molecule has 0 spiro atoms. The Morgan fingerprint density at radius 1 is 1.12 bits per heavy atom. The van der Waals surface area contributed by atoms with Crippen LogP contribution in [0.2, 0.25) is 5.02 Å². The molecule has 0 bridgehead atoms. The van der Waals surface area contributed by atoms with Gasteiger partial charge in [-0.15, -0.1) is 11.8 Å². The number of oxime groups is 1. The molecule has 0 radical (unpaired) electrons. The molecule has 1 amide bonds. The first-order valence-electron chi connectivity index (χ1n) is 10.3. The maximum Gasteiger partial charge on any atom is 0.257 e. The van der Waals surface area contributed by atoms with Crippen molar-refractivity contribution in [3.63, 3.8) is 0 Å². The largest absolute Gasteiger partial charge is 0.410 e. The molecule has 0 saturated carbocycles. The molecule has 2 aromatic carbocycles. The Morgan fingerprint density at radius 3 is 2.73 bits per heavy atom. The van der Waals surface area contributed by atoms with Crippen molar-refractivity contribution in [2.75, 3.05) is 5.32 Å². The second kappa shape index (κ2) is 9.13. The zero-order valence-corrected chi connectivity index (χ0v) is 18.9. The highest BCUT2D eigenvalue weighted by atomic mass is 35.5. The number of rotatable bonds is 5. The molecule has 4 aromatic rings. The highest BCUT2D eigenvalue weighted by Crippen LogP contribution is 2.42. The van der Waals surface area contributed by atoms with Crippen LogP contribution in [-0.4, -0.2) is 26.4 Å². The van der Waals surface area contributed by atoms with Crippen LogP contribution in [0.3, 0.4) is 0 Å². The number of fused-ring (bicyclic) bond motifs is 1. The molecular weight excluding hydrogens is 456 g/mol. The van der Waals surface area contributed by atoms with Gasteiger partial charge in [-0.2, -0.15) is 0 Å². The van der Waals surface area contributed by atoms with Gasteiger partial charge in [-0.3, -0.25) is 9.78 Å². The highest BCUT2D eigenvalue weighted by molar-refractivity contribution is 7.99. The van der Waals surface area contributed by atoms with Crippen LogP contribution in [0, 0.1) is 0 Å². The predicted molar refractivity (Wildman–Crippen MR) is 131 cm³/mol. The Labute approximate surface area is 199 Å². The molecule has 2 aromatic heterocycles. The smallest absolute Gasteiger partial charge is 0.257 e. The molecule has 33 heavy (non-hydrogen) atoms. The number of carbonyl (C=O) groups is 1. The third kappa shape index (κ3) is 4.13. The third-order valence-electron chi connectivity index (χ3n) is 5.50. The van der Waals surface area contributed by atoms with E-state index in [0.29, 0.717) is 27.5 Å². The Kier molecular flexibility index (Phi) is 5.90. The van der Waals surface area contributed by atoms with Gasteiger partial charge in [-0.1, -0.05) is 59.2 Å². The molecule has 0 saturated heterocycles. The van der Waals surface area contributed by atoms with E-state index < -0.39 is 0 Å². The number of hydrogen-bond acceptors (Lipinski definition) is 5. The summed E-state index contributed by atoms with van der Waals surface area (Å²) in [6.07, 6.45) is 5.54. The fourth-order valence-electron chi connectivity index (χ4n) is 3.91. The molecule has 0 aliphatic carbocycles. The van der Waals surface area contributed by atoms with Crippen LogP contribution in [0.1, 0.15) is 38.1 Å². The Balaban J connectivity index is 1.41. The summed E-state index contributed by atoms with van der Waals surface area (Å²) in [7, 11) is 0. The molecule has 164 valence electrons. The van der Waals surface area contributed by atoms with Gasteiger partial charge >= 0.3 is 0 Å². The minimum Gasteiger partial charge on any atom is -0.410 e. The van der Waals surface area contributed by atoms with E-state index in [0.717, 1.165) is 22.6 Å². The SMILES string of the molecule is O=C(Nc1cc(/C(=N/O)c2ccccc2)ccc1Cl)c1ccn2c1CSC2c1cccnc1. The molecule has 1 aliphatic rings. The van der Waals surface area contributed by atoms with Crippen molar-refractivity contribution in [3.05, 3.63) is 118 Å². The van der Waals surface area contributed by atoms with Gasteiger partial charge in [0.05, 0.1) is 16.3 Å². The first-order valence-corrected chi connectivity index (χ1v) is 11.7. The van der Waals surface area contributed by atoms with Gasteiger partial charge in [0.25, 0.3) is 5.91 Å². The van der Waals surface area contributed by atoms with Crippen molar-refractivity contribution in [3.8, 4) is 0 Å². The van der Waals surface area contributed by atoms with E-state index in [2.05, 4.69) is 20.0 Å². The molecule has 0 fully saturated rings. The number of hydrogen-bond donors (Lipinski definition) is 2. The maximum atomic E-state index is 13.2. The van der Waals surface area contributed by atoms with Crippen LogP contribution in [0.25, 0.3) is 0 Å². The Morgan fingerprint density at radius 2 is 1.97 bits per heavy atom. The Hall–Kier alpha value is -3.55.